The molecule has 0 bridgehead atoms. The third-order valence-electron chi connectivity index (χ3n) is 9.66. The van der Waals surface area contributed by atoms with Crippen LogP contribution in [0.2, 0.25) is 0 Å². The van der Waals surface area contributed by atoms with Gasteiger partial charge in [0.25, 0.3) is 11.8 Å². The van der Waals surface area contributed by atoms with Gasteiger partial charge < -0.3 is 15.3 Å². The number of aliphatic imine (C=N–C) groups is 1. The summed E-state index contributed by atoms with van der Waals surface area (Å²) in [6.07, 6.45) is 2.17. The van der Waals surface area contributed by atoms with E-state index in [-0.39, 0.29) is 55.7 Å². The first kappa shape index (κ1) is 30.7. The van der Waals surface area contributed by atoms with Gasteiger partial charge in [-0.25, -0.2) is 17.5 Å². The van der Waals surface area contributed by atoms with Crippen LogP contribution in [0.25, 0.3) is 0 Å². The van der Waals surface area contributed by atoms with Crippen molar-refractivity contribution in [1.82, 2.24) is 19.8 Å². The Morgan fingerprint density at radius 2 is 1.53 bits per heavy atom. The van der Waals surface area contributed by atoms with Gasteiger partial charge in [-0.2, -0.15) is 0 Å². The van der Waals surface area contributed by atoms with E-state index in [9.17, 15) is 32.7 Å². The van der Waals surface area contributed by atoms with Crippen molar-refractivity contribution in [1.29, 1.82) is 0 Å². The number of imide groups is 1. The average molecular weight is 637 g/mol. The molecule has 0 aromatic heterocycles. The Morgan fingerprint density at radius 1 is 0.911 bits per heavy atom. The molecule has 2 aromatic carbocycles. The lowest BCUT2D eigenvalue weighted by molar-refractivity contribution is -0.127. The molecular weight excluding hydrogens is 600 g/mol. The number of rotatable bonds is 7. The molecule has 4 heterocycles. The lowest BCUT2D eigenvalue weighted by Crippen LogP contribution is -2.56. The Labute approximate surface area is 261 Å². The minimum Gasteiger partial charge on any atom is -0.508 e. The van der Waals surface area contributed by atoms with Gasteiger partial charge in [0.15, 0.2) is 0 Å². The standard InChI is InChI=1S/C31H36N6O7S/c1-20-17-23(37-29(42)33-28(41)31(37)10-12-35(19-38)13-11-31)18-21(2)25(20)7-16-45(43,44)36-14-8-30(9-15-36)27(40)32-26(34-30)22-3-5-24(39)6-4-22/h3-6,17-19,39H,7-16H2,1-2H3,(H,32,34,40)(H,33,41,42). The SMILES string of the molecule is Cc1cc(N2C(=O)NC(=O)C23CCN(C=O)CC3)cc(C)c1CCS(=O)(=O)N1CCC2(CC1)N=C(c1ccc(O)cc1)NC2=O. The lowest BCUT2D eigenvalue weighted by Gasteiger charge is -2.41. The van der Waals surface area contributed by atoms with E-state index in [2.05, 4.69) is 15.6 Å². The summed E-state index contributed by atoms with van der Waals surface area (Å²) in [5, 5.41) is 14.8. The highest BCUT2D eigenvalue weighted by Gasteiger charge is 2.55. The highest BCUT2D eigenvalue weighted by atomic mass is 32.2. The van der Waals surface area contributed by atoms with Gasteiger partial charge in [-0.3, -0.25) is 29.6 Å². The summed E-state index contributed by atoms with van der Waals surface area (Å²) in [6.45, 7) is 4.79. The third-order valence-corrected chi connectivity index (χ3v) is 11.5. The molecule has 2 spiro atoms. The molecule has 45 heavy (non-hydrogen) atoms. The molecule has 0 unspecified atom stereocenters. The quantitative estimate of drug-likeness (QED) is 0.304. The number of carbonyl (C=O) groups is 4. The molecule has 2 aromatic rings. The maximum absolute atomic E-state index is 13.4. The second kappa shape index (κ2) is 11.2. The summed E-state index contributed by atoms with van der Waals surface area (Å²) >= 11 is 0. The van der Waals surface area contributed by atoms with Gasteiger partial charge in [0, 0.05) is 37.4 Å². The molecule has 6 rings (SSSR count). The topological polar surface area (TPSA) is 169 Å². The number of nitrogens with zero attached hydrogens (tertiary/aromatic N) is 4. The van der Waals surface area contributed by atoms with E-state index >= 15 is 0 Å². The summed E-state index contributed by atoms with van der Waals surface area (Å²) in [4.78, 5) is 57.8. The fraction of sp³-hybridized carbons (Fsp3) is 0.452. The number of piperidine rings is 2. The highest BCUT2D eigenvalue weighted by Crippen LogP contribution is 2.39. The zero-order valence-electron chi connectivity index (χ0n) is 25.2. The third kappa shape index (κ3) is 5.35. The van der Waals surface area contributed by atoms with E-state index in [1.54, 1.807) is 17.0 Å². The minimum absolute atomic E-state index is 0.106. The summed E-state index contributed by atoms with van der Waals surface area (Å²) < 4.78 is 28.3. The lowest BCUT2D eigenvalue weighted by atomic mass is 9.85. The Morgan fingerprint density at radius 3 is 2.13 bits per heavy atom. The molecule has 0 aliphatic carbocycles. The van der Waals surface area contributed by atoms with Crippen molar-refractivity contribution in [3.05, 3.63) is 58.7 Å². The number of anilines is 1. The number of likely N-dealkylation sites (tertiary alicyclic amines) is 1. The van der Waals surface area contributed by atoms with Crippen molar-refractivity contribution in [2.24, 2.45) is 4.99 Å². The van der Waals surface area contributed by atoms with Crippen LogP contribution in [0, 0.1) is 13.8 Å². The zero-order valence-corrected chi connectivity index (χ0v) is 26.0. The van der Waals surface area contributed by atoms with E-state index in [0.717, 1.165) is 23.1 Å². The number of phenols is 1. The fourth-order valence-corrected chi connectivity index (χ4v) is 8.44. The summed E-state index contributed by atoms with van der Waals surface area (Å²) in [6, 6.07) is 9.48. The number of hydrogen-bond acceptors (Lipinski definition) is 8. The van der Waals surface area contributed by atoms with Crippen molar-refractivity contribution in [2.75, 3.05) is 36.8 Å². The number of carbonyl (C=O) groups excluding carboxylic acids is 4. The molecule has 0 atom stereocenters. The molecule has 0 saturated carbocycles. The van der Waals surface area contributed by atoms with E-state index in [1.807, 2.05) is 26.0 Å². The first-order valence-corrected chi connectivity index (χ1v) is 16.6. The van der Waals surface area contributed by atoms with E-state index < -0.39 is 27.1 Å². The van der Waals surface area contributed by atoms with Crippen molar-refractivity contribution < 1.29 is 32.7 Å². The number of sulfonamides is 1. The van der Waals surface area contributed by atoms with Gasteiger partial charge in [0.2, 0.25) is 16.4 Å². The monoisotopic (exact) mass is 636 g/mol. The smallest absolute Gasteiger partial charge is 0.329 e. The van der Waals surface area contributed by atoms with Crippen LogP contribution >= 0.6 is 0 Å². The molecule has 3 fully saturated rings. The van der Waals surface area contributed by atoms with Crippen molar-refractivity contribution >= 4 is 45.8 Å². The maximum atomic E-state index is 13.4. The number of phenolic OH excluding ortho intramolecular Hbond substituents is 1. The summed E-state index contributed by atoms with van der Waals surface area (Å²) in [5.41, 5.74) is 1.60. The fourth-order valence-electron chi connectivity index (χ4n) is 6.98. The zero-order chi connectivity index (χ0) is 32.1. The number of hydrogen-bond donors (Lipinski definition) is 3. The first-order valence-electron chi connectivity index (χ1n) is 15.0. The van der Waals surface area contributed by atoms with Gasteiger partial charge in [-0.15, -0.1) is 0 Å². The molecule has 3 saturated heterocycles. The number of benzene rings is 2. The Kier molecular flexibility index (Phi) is 7.68. The number of amidine groups is 1. The minimum atomic E-state index is -3.65. The predicted octanol–water partition coefficient (Wildman–Crippen LogP) is 1.34. The summed E-state index contributed by atoms with van der Waals surface area (Å²) in [7, 11) is -3.65. The number of aryl methyl sites for hydroxylation is 2. The van der Waals surface area contributed by atoms with Gasteiger partial charge in [0.1, 0.15) is 22.7 Å². The van der Waals surface area contributed by atoms with Gasteiger partial charge in [-0.1, -0.05) is 0 Å². The van der Waals surface area contributed by atoms with Crippen LogP contribution in [0.15, 0.2) is 41.4 Å². The maximum Gasteiger partial charge on any atom is 0.329 e. The van der Waals surface area contributed by atoms with Gasteiger partial charge in [-0.05, 0) is 99.0 Å². The largest absolute Gasteiger partial charge is 0.508 e. The predicted molar refractivity (Wildman–Crippen MR) is 165 cm³/mol. The van der Waals surface area contributed by atoms with Crippen molar-refractivity contribution in [2.45, 2.75) is 57.0 Å². The number of nitrogens with one attached hydrogen (secondary N) is 2. The first-order chi connectivity index (χ1) is 21.4. The molecular formula is C31H36N6O7S. The van der Waals surface area contributed by atoms with Crippen molar-refractivity contribution in [3.8, 4) is 5.75 Å². The van der Waals surface area contributed by atoms with E-state index in [0.29, 0.717) is 43.0 Å². The normalized spacial score (nSPS) is 21.3. The molecule has 3 N–H and O–H groups in total. The molecule has 14 heteroatoms. The van der Waals surface area contributed by atoms with Crippen LogP contribution in [0.1, 0.15) is 47.9 Å². The molecule has 0 radical (unpaired) electrons. The van der Waals surface area contributed by atoms with E-state index in [4.69, 9.17) is 0 Å². The Balaban J connectivity index is 1.13. The number of urea groups is 1. The molecule has 4 aliphatic heterocycles. The molecule has 5 amide bonds. The molecule has 4 aliphatic rings. The number of aromatic hydroxyl groups is 1. The highest BCUT2D eigenvalue weighted by molar-refractivity contribution is 7.89. The molecule has 238 valence electrons. The van der Waals surface area contributed by atoms with Crippen LogP contribution in [0.5, 0.6) is 5.75 Å². The Hall–Kier alpha value is -4.30. The Bertz CT molecular complexity index is 1680. The number of amides is 5. The second-order valence-electron chi connectivity index (χ2n) is 12.3. The van der Waals surface area contributed by atoms with Crippen molar-refractivity contribution in [3.63, 3.8) is 0 Å². The summed E-state index contributed by atoms with van der Waals surface area (Å²) in [5.74, 6) is -0.222. The second-order valence-corrected chi connectivity index (χ2v) is 14.4. The van der Waals surface area contributed by atoms with Crippen LogP contribution in [0.3, 0.4) is 0 Å². The van der Waals surface area contributed by atoms with Crippen LogP contribution in [0.4, 0.5) is 10.5 Å². The van der Waals surface area contributed by atoms with Gasteiger partial charge in [0.05, 0.1) is 5.75 Å². The van der Waals surface area contributed by atoms with Crippen LogP contribution in [-0.2, 0) is 30.8 Å². The van der Waals surface area contributed by atoms with E-state index in [1.165, 1.54) is 21.3 Å². The van der Waals surface area contributed by atoms with Crippen LogP contribution in [-0.4, -0.2) is 95.8 Å². The average Bonchev–Trinajstić information content (AvgIpc) is 3.44. The molecule has 13 nitrogen and oxygen atoms in total. The van der Waals surface area contributed by atoms with Gasteiger partial charge >= 0.3 is 6.03 Å². The van der Waals surface area contributed by atoms with Crippen LogP contribution < -0.4 is 15.5 Å².